The van der Waals surface area contributed by atoms with Crippen LogP contribution in [0.15, 0.2) is 48.6 Å². The molecule has 1 saturated carbocycles. The number of hydrogen-bond donors (Lipinski definition) is 0. The molecule has 1 aliphatic carbocycles. The van der Waals surface area contributed by atoms with Gasteiger partial charge in [0.1, 0.15) is 0 Å². The normalized spacial score (nSPS) is 17.6. The van der Waals surface area contributed by atoms with Crippen molar-refractivity contribution in [1.82, 2.24) is 0 Å². The fourth-order valence-electron chi connectivity index (χ4n) is 5.92. The molecule has 0 aromatic rings. The zero-order chi connectivity index (χ0) is 30.7. The van der Waals surface area contributed by atoms with Crippen LogP contribution >= 0.6 is 0 Å². The lowest BCUT2D eigenvalue weighted by molar-refractivity contribution is -0.0578. The number of unbranched alkanes of at least 4 members (excludes halogenated alkanes) is 18. The quantitative estimate of drug-likeness (QED) is 0.0566. The van der Waals surface area contributed by atoms with Gasteiger partial charge in [0.15, 0.2) is 0 Å². The maximum absolute atomic E-state index is 6.27. The molecule has 1 rings (SSSR count). The van der Waals surface area contributed by atoms with Crippen molar-refractivity contribution in [1.29, 1.82) is 0 Å². The van der Waals surface area contributed by atoms with Gasteiger partial charge in [-0.3, -0.25) is 0 Å². The fraction of sp³-hybridized carbons (Fsp3) is 0.805. The van der Waals surface area contributed by atoms with Crippen LogP contribution in [0.1, 0.15) is 187 Å². The van der Waals surface area contributed by atoms with Crippen LogP contribution in [0.3, 0.4) is 0 Å². The van der Waals surface area contributed by atoms with Crippen LogP contribution in [0.25, 0.3) is 0 Å². The number of rotatable bonds is 32. The van der Waals surface area contributed by atoms with Crippen LogP contribution in [-0.4, -0.2) is 25.4 Å². The largest absolute Gasteiger partial charge is 0.376 e. The van der Waals surface area contributed by atoms with E-state index in [1.165, 1.54) is 161 Å². The van der Waals surface area contributed by atoms with E-state index in [1.807, 2.05) is 0 Å². The molecule has 0 radical (unpaired) electrons. The van der Waals surface area contributed by atoms with Crippen LogP contribution in [0.4, 0.5) is 0 Å². The summed E-state index contributed by atoms with van der Waals surface area (Å²) in [6.07, 6.45) is 54.3. The van der Waals surface area contributed by atoms with Crippen LogP contribution in [0.2, 0.25) is 0 Å². The van der Waals surface area contributed by atoms with Gasteiger partial charge in [-0.2, -0.15) is 0 Å². The van der Waals surface area contributed by atoms with E-state index < -0.39 is 0 Å². The predicted molar refractivity (Wildman–Crippen MR) is 192 cm³/mol. The van der Waals surface area contributed by atoms with Gasteiger partial charge in [0.25, 0.3) is 0 Å². The third-order valence-corrected chi connectivity index (χ3v) is 8.75. The summed E-state index contributed by atoms with van der Waals surface area (Å²) in [4.78, 5) is 0. The lowest BCUT2D eigenvalue weighted by Gasteiger charge is -2.21. The molecule has 0 aromatic carbocycles. The highest BCUT2D eigenvalue weighted by atomic mass is 16.5. The van der Waals surface area contributed by atoms with Crippen LogP contribution in [0.5, 0.6) is 0 Å². The van der Waals surface area contributed by atoms with Gasteiger partial charge in [-0.05, 0) is 96.3 Å². The van der Waals surface area contributed by atoms with E-state index in [4.69, 9.17) is 9.47 Å². The van der Waals surface area contributed by atoms with Crippen molar-refractivity contribution in [2.75, 3.05) is 13.2 Å². The standard InChI is InChI=1S/C41H74O2/c1-3-5-7-9-11-13-15-17-19-21-23-25-27-29-31-33-38-42-40-36-35-37-41(40)43-39-34-32-30-28-26-24-22-20-18-16-14-12-10-8-6-4-2/h11-14,17-20,40-41H,3-10,15-16,21-39H2,1-2H3/b13-11-,14-12-,19-17-,20-18-. The first-order valence-corrected chi connectivity index (χ1v) is 19.2. The van der Waals surface area contributed by atoms with Crippen molar-refractivity contribution in [3.63, 3.8) is 0 Å². The topological polar surface area (TPSA) is 18.5 Å². The molecule has 250 valence electrons. The van der Waals surface area contributed by atoms with Crippen molar-refractivity contribution < 1.29 is 9.47 Å². The van der Waals surface area contributed by atoms with Gasteiger partial charge in [0.2, 0.25) is 0 Å². The molecule has 0 spiro atoms. The van der Waals surface area contributed by atoms with Crippen LogP contribution in [0, 0.1) is 0 Å². The second-order valence-electron chi connectivity index (χ2n) is 12.9. The van der Waals surface area contributed by atoms with Gasteiger partial charge >= 0.3 is 0 Å². The summed E-state index contributed by atoms with van der Waals surface area (Å²) in [6, 6.07) is 0. The average Bonchev–Trinajstić information content (AvgIpc) is 3.47. The molecular formula is C41H74O2. The Morgan fingerprint density at radius 3 is 1.09 bits per heavy atom. The Bertz CT molecular complexity index is 605. The van der Waals surface area contributed by atoms with Crippen LogP contribution < -0.4 is 0 Å². The highest BCUT2D eigenvalue weighted by Crippen LogP contribution is 2.25. The molecule has 0 heterocycles. The second kappa shape index (κ2) is 33.8. The Morgan fingerprint density at radius 2 is 0.721 bits per heavy atom. The molecular weight excluding hydrogens is 524 g/mol. The molecule has 0 aliphatic heterocycles. The van der Waals surface area contributed by atoms with Gasteiger partial charge in [-0.15, -0.1) is 0 Å². The van der Waals surface area contributed by atoms with E-state index in [1.54, 1.807) is 0 Å². The highest BCUT2D eigenvalue weighted by Gasteiger charge is 2.28. The number of allylic oxidation sites excluding steroid dienone is 8. The minimum atomic E-state index is 0.350. The highest BCUT2D eigenvalue weighted by molar-refractivity contribution is 4.93. The summed E-state index contributed by atoms with van der Waals surface area (Å²) in [5, 5.41) is 0. The maximum atomic E-state index is 6.27. The first-order valence-electron chi connectivity index (χ1n) is 19.2. The number of hydrogen-bond acceptors (Lipinski definition) is 2. The molecule has 0 amide bonds. The Balaban J connectivity index is 1.85. The lowest BCUT2D eigenvalue weighted by atomic mass is 10.1. The summed E-state index contributed by atoms with van der Waals surface area (Å²) >= 11 is 0. The average molecular weight is 599 g/mol. The fourth-order valence-corrected chi connectivity index (χ4v) is 5.92. The second-order valence-corrected chi connectivity index (χ2v) is 12.9. The maximum Gasteiger partial charge on any atom is 0.0836 e. The van der Waals surface area contributed by atoms with Gasteiger partial charge in [-0.1, -0.05) is 140 Å². The zero-order valence-corrected chi connectivity index (χ0v) is 29.1. The molecule has 2 unspecified atom stereocenters. The van der Waals surface area contributed by atoms with E-state index in [0.717, 1.165) is 26.1 Å². The molecule has 2 heteroatoms. The summed E-state index contributed by atoms with van der Waals surface area (Å²) in [5.74, 6) is 0. The number of ether oxygens (including phenoxy) is 2. The lowest BCUT2D eigenvalue weighted by Crippen LogP contribution is -2.27. The van der Waals surface area contributed by atoms with E-state index in [9.17, 15) is 0 Å². The molecule has 43 heavy (non-hydrogen) atoms. The minimum absolute atomic E-state index is 0.350. The zero-order valence-electron chi connectivity index (χ0n) is 29.1. The summed E-state index contributed by atoms with van der Waals surface area (Å²) < 4.78 is 12.5. The monoisotopic (exact) mass is 599 g/mol. The Labute approximate surface area is 270 Å². The van der Waals surface area contributed by atoms with E-state index >= 15 is 0 Å². The van der Waals surface area contributed by atoms with Crippen molar-refractivity contribution >= 4 is 0 Å². The third-order valence-electron chi connectivity index (χ3n) is 8.75. The van der Waals surface area contributed by atoms with E-state index in [-0.39, 0.29) is 0 Å². The van der Waals surface area contributed by atoms with Crippen molar-refractivity contribution in [2.45, 2.75) is 199 Å². The molecule has 1 aliphatic rings. The predicted octanol–water partition coefficient (Wildman–Crippen LogP) is 13.6. The van der Waals surface area contributed by atoms with Gasteiger partial charge in [0, 0.05) is 13.2 Å². The van der Waals surface area contributed by atoms with E-state index in [0.29, 0.717) is 12.2 Å². The van der Waals surface area contributed by atoms with Crippen molar-refractivity contribution in [3.8, 4) is 0 Å². The summed E-state index contributed by atoms with van der Waals surface area (Å²) in [5.41, 5.74) is 0. The van der Waals surface area contributed by atoms with Crippen molar-refractivity contribution in [2.24, 2.45) is 0 Å². The van der Waals surface area contributed by atoms with Gasteiger partial charge in [-0.25, -0.2) is 0 Å². The Hall–Kier alpha value is -1.12. The Kier molecular flexibility index (Phi) is 31.3. The minimum Gasteiger partial charge on any atom is -0.376 e. The van der Waals surface area contributed by atoms with Gasteiger partial charge < -0.3 is 9.47 Å². The SMILES string of the molecule is CCCCC/C=C\C/C=C\CCCCCCCCOC1CCCC1OCCCCCCCC/C=C\C/C=C\CCCCC. The van der Waals surface area contributed by atoms with Crippen molar-refractivity contribution in [3.05, 3.63) is 48.6 Å². The molecule has 2 nitrogen and oxygen atoms in total. The molecule has 0 bridgehead atoms. The van der Waals surface area contributed by atoms with Gasteiger partial charge in [0.05, 0.1) is 12.2 Å². The summed E-state index contributed by atoms with van der Waals surface area (Å²) in [7, 11) is 0. The van der Waals surface area contributed by atoms with Crippen LogP contribution in [-0.2, 0) is 9.47 Å². The summed E-state index contributed by atoms with van der Waals surface area (Å²) in [6.45, 7) is 6.38. The third kappa shape index (κ3) is 28.1. The molecule has 0 aromatic heterocycles. The molecule has 0 N–H and O–H groups in total. The first-order chi connectivity index (χ1) is 21.4. The molecule has 0 saturated heterocycles. The Morgan fingerprint density at radius 1 is 0.395 bits per heavy atom. The first kappa shape index (κ1) is 39.9. The molecule has 2 atom stereocenters. The smallest absolute Gasteiger partial charge is 0.0836 e. The van der Waals surface area contributed by atoms with E-state index in [2.05, 4.69) is 62.5 Å². The molecule has 1 fully saturated rings.